The third kappa shape index (κ3) is 3.98. The molecule has 0 spiro atoms. The molecule has 0 N–H and O–H groups in total. The van der Waals surface area contributed by atoms with E-state index in [0.717, 1.165) is 23.5 Å². The zero-order valence-corrected chi connectivity index (χ0v) is 13.1. The highest BCUT2D eigenvalue weighted by molar-refractivity contribution is 8.18. The van der Waals surface area contributed by atoms with Crippen LogP contribution >= 0.6 is 23.5 Å². The Kier molecular flexibility index (Phi) is 5.27. The van der Waals surface area contributed by atoms with Crippen LogP contribution in [0.4, 0.5) is 13.2 Å². The molecule has 0 bridgehead atoms. The van der Waals surface area contributed by atoms with Crippen LogP contribution in [0.1, 0.15) is 13.3 Å². The van der Waals surface area contributed by atoms with Gasteiger partial charge in [0.1, 0.15) is 0 Å². The number of halogens is 3. The van der Waals surface area contributed by atoms with E-state index in [0.29, 0.717) is 9.79 Å². The first-order valence-corrected chi connectivity index (χ1v) is 8.15. The summed E-state index contributed by atoms with van der Waals surface area (Å²) in [7, 11) is 0. The molecule has 5 heteroatoms. The van der Waals surface area contributed by atoms with E-state index in [1.165, 1.54) is 0 Å². The van der Waals surface area contributed by atoms with Crippen molar-refractivity contribution >= 4 is 23.5 Å². The Balaban J connectivity index is 2.34. The van der Waals surface area contributed by atoms with Crippen LogP contribution in [0.3, 0.4) is 0 Å². The molecule has 0 aliphatic carbocycles. The molecule has 2 aromatic carbocycles. The number of alkyl halides is 3. The van der Waals surface area contributed by atoms with Gasteiger partial charge in [-0.2, -0.15) is 13.2 Å². The van der Waals surface area contributed by atoms with E-state index in [1.807, 2.05) is 0 Å². The van der Waals surface area contributed by atoms with Crippen molar-refractivity contribution in [3.8, 4) is 0 Å². The van der Waals surface area contributed by atoms with Crippen LogP contribution in [-0.2, 0) is 0 Å². The minimum atomic E-state index is -4.30. The highest BCUT2D eigenvalue weighted by Gasteiger charge is 2.55. The summed E-state index contributed by atoms with van der Waals surface area (Å²) in [5.74, 6) is 0. The lowest BCUT2D eigenvalue weighted by molar-refractivity contribution is -0.137. The highest BCUT2D eigenvalue weighted by atomic mass is 32.2. The molecule has 112 valence electrons. The van der Waals surface area contributed by atoms with Crippen molar-refractivity contribution in [3.63, 3.8) is 0 Å². The molecule has 0 saturated carbocycles. The maximum absolute atomic E-state index is 13.7. The van der Waals surface area contributed by atoms with Gasteiger partial charge in [0.05, 0.1) is 0 Å². The van der Waals surface area contributed by atoms with Crippen molar-refractivity contribution in [1.29, 1.82) is 0 Å². The van der Waals surface area contributed by atoms with Crippen molar-refractivity contribution in [2.24, 2.45) is 0 Å². The maximum Gasteiger partial charge on any atom is 0.412 e. The van der Waals surface area contributed by atoms with Gasteiger partial charge in [0, 0.05) is 9.79 Å². The molecule has 0 saturated heterocycles. The van der Waals surface area contributed by atoms with E-state index in [2.05, 4.69) is 0 Å². The van der Waals surface area contributed by atoms with Crippen molar-refractivity contribution in [2.45, 2.75) is 33.4 Å². The fourth-order valence-corrected chi connectivity index (χ4v) is 4.45. The van der Waals surface area contributed by atoms with E-state index >= 15 is 0 Å². The molecule has 21 heavy (non-hydrogen) atoms. The molecule has 0 fully saturated rings. The van der Waals surface area contributed by atoms with E-state index in [4.69, 9.17) is 0 Å². The fourth-order valence-electron chi connectivity index (χ4n) is 1.84. The second-order valence-electron chi connectivity index (χ2n) is 4.43. The van der Waals surface area contributed by atoms with Gasteiger partial charge in [0.2, 0.25) is 0 Å². The van der Waals surface area contributed by atoms with E-state index < -0.39 is 10.3 Å². The molecule has 0 atom stereocenters. The summed E-state index contributed by atoms with van der Waals surface area (Å²) in [5.41, 5.74) is 0. The Labute approximate surface area is 131 Å². The molecule has 0 unspecified atom stereocenters. The van der Waals surface area contributed by atoms with Crippen molar-refractivity contribution in [3.05, 3.63) is 60.7 Å². The third-order valence-corrected chi connectivity index (χ3v) is 6.16. The van der Waals surface area contributed by atoms with Crippen molar-refractivity contribution in [2.75, 3.05) is 0 Å². The lowest BCUT2D eigenvalue weighted by Gasteiger charge is -2.33. The van der Waals surface area contributed by atoms with Crippen LogP contribution in [0.2, 0.25) is 0 Å². The summed E-state index contributed by atoms with van der Waals surface area (Å²) >= 11 is 1.75. The molecule has 0 nitrogen and oxygen atoms in total. The van der Waals surface area contributed by atoms with Crippen LogP contribution < -0.4 is 0 Å². The second kappa shape index (κ2) is 6.79. The number of thioether (sulfide) groups is 2. The highest BCUT2D eigenvalue weighted by Crippen LogP contribution is 2.56. The minimum absolute atomic E-state index is 0.00434. The smallest absolute Gasteiger partial charge is 0.168 e. The first-order chi connectivity index (χ1) is 9.97. The summed E-state index contributed by atoms with van der Waals surface area (Å²) in [5, 5.41) is 0. The Morgan fingerprint density at radius 2 is 1.14 bits per heavy atom. The maximum atomic E-state index is 13.7. The molecule has 0 heterocycles. The van der Waals surface area contributed by atoms with E-state index in [9.17, 15) is 13.2 Å². The molecule has 0 aromatic heterocycles. The summed E-state index contributed by atoms with van der Waals surface area (Å²) < 4.78 is 39.2. The SMILES string of the molecule is CCC(Sc1ccccc1)(Sc1ccccc1)C(F)(F)F. The van der Waals surface area contributed by atoms with Gasteiger partial charge in [-0.25, -0.2) is 0 Å². The molecule has 0 amide bonds. The number of hydrogen-bond acceptors (Lipinski definition) is 2. The van der Waals surface area contributed by atoms with Crippen molar-refractivity contribution in [1.82, 2.24) is 0 Å². The molecular weight excluding hydrogens is 313 g/mol. The van der Waals surface area contributed by atoms with Gasteiger partial charge in [-0.15, -0.1) is 0 Å². The molecule has 0 aliphatic heterocycles. The largest absolute Gasteiger partial charge is 0.412 e. The topological polar surface area (TPSA) is 0 Å². The lowest BCUT2D eigenvalue weighted by atomic mass is 10.3. The predicted molar refractivity (Wildman–Crippen MR) is 83.7 cm³/mol. The molecule has 0 aliphatic rings. The van der Waals surface area contributed by atoms with Crippen LogP contribution in [-0.4, -0.2) is 10.3 Å². The Bertz CT molecular complexity index is 511. The van der Waals surface area contributed by atoms with Gasteiger partial charge < -0.3 is 0 Å². The summed E-state index contributed by atoms with van der Waals surface area (Å²) in [6, 6.07) is 17.5. The number of rotatable bonds is 5. The van der Waals surface area contributed by atoms with Crippen LogP contribution in [0.5, 0.6) is 0 Å². The van der Waals surface area contributed by atoms with Crippen LogP contribution in [0.25, 0.3) is 0 Å². The van der Waals surface area contributed by atoms with Gasteiger partial charge >= 0.3 is 6.18 Å². The van der Waals surface area contributed by atoms with Crippen LogP contribution in [0, 0.1) is 0 Å². The first kappa shape index (κ1) is 16.3. The van der Waals surface area contributed by atoms with E-state index in [-0.39, 0.29) is 6.42 Å². The fraction of sp³-hybridized carbons (Fsp3) is 0.250. The Hall–Kier alpha value is -1.07. The molecule has 2 aromatic rings. The van der Waals surface area contributed by atoms with Gasteiger partial charge in [-0.3, -0.25) is 0 Å². The summed E-state index contributed by atoms with van der Waals surface area (Å²) in [6.07, 6.45) is -4.31. The zero-order valence-electron chi connectivity index (χ0n) is 11.4. The van der Waals surface area contributed by atoms with Gasteiger partial charge in [-0.05, 0) is 30.7 Å². The van der Waals surface area contributed by atoms with Gasteiger partial charge in [0.15, 0.2) is 4.08 Å². The quantitative estimate of drug-likeness (QED) is 0.471. The standard InChI is InChI=1S/C16H15F3S2/c1-2-15(16(17,18)19,20-13-9-5-3-6-10-13)21-14-11-7-4-8-12-14/h3-12H,2H2,1H3. The monoisotopic (exact) mass is 328 g/mol. The predicted octanol–water partition coefficient (Wildman–Crippen LogP) is 6.24. The van der Waals surface area contributed by atoms with Crippen molar-refractivity contribution < 1.29 is 13.2 Å². The first-order valence-electron chi connectivity index (χ1n) is 6.52. The molecule has 2 rings (SSSR count). The van der Waals surface area contributed by atoms with Gasteiger partial charge in [0.25, 0.3) is 0 Å². The average molecular weight is 328 g/mol. The summed E-state index contributed by atoms with van der Waals surface area (Å²) in [6.45, 7) is 1.58. The normalized spacial score (nSPS) is 12.4. The Morgan fingerprint density at radius 3 is 1.43 bits per heavy atom. The second-order valence-corrected chi connectivity index (χ2v) is 7.44. The number of benzene rings is 2. The Morgan fingerprint density at radius 1 is 0.762 bits per heavy atom. The molecule has 0 radical (unpaired) electrons. The van der Waals surface area contributed by atoms with Gasteiger partial charge in [-0.1, -0.05) is 66.8 Å². The average Bonchev–Trinajstić information content (AvgIpc) is 2.47. The summed E-state index contributed by atoms with van der Waals surface area (Å²) in [4.78, 5) is 1.25. The zero-order chi connectivity index (χ0) is 15.3. The third-order valence-electron chi connectivity index (χ3n) is 2.95. The lowest BCUT2D eigenvalue weighted by Crippen LogP contribution is -2.38. The van der Waals surface area contributed by atoms with Crippen LogP contribution in [0.15, 0.2) is 70.5 Å². The van der Waals surface area contributed by atoms with E-state index in [1.54, 1.807) is 67.6 Å². The molecular formula is C16H15F3S2. The minimum Gasteiger partial charge on any atom is -0.168 e. The number of hydrogen-bond donors (Lipinski definition) is 0.